The Morgan fingerprint density at radius 3 is 2.58 bits per heavy atom. The van der Waals surface area contributed by atoms with Crippen molar-refractivity contribution in [3.8, 4) is 0 Å². The first kappa shape index (κ1) is 23.7. The molecular weight excluding hydrogens is 512 g/mol. The van der Waals surface area contributed by atoms with Crippen molar-refractivity contribution in [1.29, 1.82) is 0 Å². The number of ether oxygens (including phenoxy) is 2. The fourth-order valence-electron chi connectivity index (χ4n) is 2.86. The van der Waals surface area contributed by atoms with Crippen LogP contribution in [0.4, 0.5) is 0 Å². The number of hydrogen-bond acceptors (Lipinski definition) is 6. The van der Waals surface area contributed by atoms with Crippen molar-refractivity contribution in [3.05, 3.63) is 63.1 Å². The second-order valence-corrected chi connectivity index (χ2v) is 9.77. The van der Waals surface area contributed by atoms with E-state index in [0.717, 1.165) is 5.56 Å². The van der Waals surface area contributed by atoms with E-state index in [0.29, 0.717) is 22.7 Å². The third-order valence-electron chi connectivity index (χ3n) is 4.52. The zero-order valence-electron chi connectivity index (χ0n) is 16.3. The number of nitrogens with one attached hydrogen (secondary N) is 1. The zero-order chi connectivity index (χ0) is 22.4. The molecule has 11 heteroatoms. The third kappa shape index (κ3) is 6.05. The molecule has 0 aromatic heterocycles. The molecule has 0 atom stereocenters. The Morgan fingerprint density at radius 1 is 1.16 bits per heavy atom. The molecule has 8 nitrogen and oxygen atoms in total. The Bertz CT molecular complexity index is 1070. The number of carbonyl (C=O) groups excluding carboxylic acids is 2. The van der Waals surface area contributed by atoms with Crippen LogP contribution in [-0.4, -0.2) is 57.5 Å². The summed E-state index contributed by atoms with van der Waals surface area (Å²) >= 11 is 9.26. The van der Waals surface area contributed by atoms with E-state index >= 15 is 0 Å². The molecule has 0 unspecified atom stereocenters. The lowest BCUT2D eigenvalue weighted by Crippen LogP contribution is -2.40. The maximum Gasteiger partial charge on any atom is 0.338 e. The summed E-state index contributed by atoms with van der Waals surface area (Å²) in [5.41, 5.74) is 0.753. The van der Waals surface area contributed by atoms with Crippen molar-refractivity contribution >= 4 is 49.4 Å². The summed E-state index contributed by atoms with van der Waals surface area (Å²) in [5.74, 6) is -1.31. The Balaban J connectivity index is 1.62. The first-order valence-corrected chi connectivity index (χ1v) is 11.9. The van der Waals surface area contributed by atoms with Gasteiger partial charge >= 0.3 is 5.97 Å². The fourth-order valence-corrected chi connectivity index (χ4v) is 5.42. The monoisotopic (exact) mass is 530 g/mol. The molecule has 1 N–H and O–H groups in total. The van der Waals surface area contributed by atoms with Gasteiger partial charge in [-0.2, -0.15) is 4.31 Å². The highest BCUT2D eigenvalue weighted by Gasteiger charge is 2.29. The molecule has 0 saturated carbocycles. The van der Waals surface area contributed by atoms with Gasteiger partial charge in [0, 0.05) is 29.1 Å². The molecule has 2 aromatic rings. The number of morpholine rings is 1. The van der Waals surface area contributed by atoms with E-state index in [9.17, 15) is 18.0 Å². The summed E-state index contributed by atoms with van der Waals surface area (Å²) < 4.78 is 37.7. The van der Waals surface area contributed by atoms with Crippen LogP contribution in [0.2, 0.25) is 5.02 Å². The number of esters is 1. The maximum absolute atomic E-state index is 12.9. The van der Waals surface area contributed by atoms with Gasteiger partial charge in [0.25, 0.3) is 5.91 Å². The minimum atomic E-state index is -3.82. The van der Waals surface area contributed by atoms with Crippen molar-refractivity contribution in [2.75, 3.05) is 32.9 Å². The number of carbonyl (C=O) groups is 2. The van der Waals surface area contributed by atoms with Gasteiger partial charge in [0.1, 0.15) is 0 Å². The molecule has 166 valence electrons. The molecule has 0 radical (unpaired) electrons. The highest BCUT2D eigenvalue weighted by molar-refractivity contribution is 9.10. The third-order valence-corrected chi connectivity index (χ3v) is 7.78. The van der Waals surface area contributed by atoms with E-state index in [1.54, 1.807) is 24.3 Å². The Morgan fingerprint density at radius 2 is 1.87 bits per heavy atom. The number of sulfonamides is 1. The lowest BCUT2D eigenvalue weighted by atomic mass is 10.2. The summed E-state index contributed by atoms with van der Waals surface area (Å²) in [5, 5.41) is 3.13. The minimum absolute atomic E-state index is 0.0222. The highest BCUT2D eigenvalue weighted by Crippen LogP contribution is 2.27. The Labute approximate surface area is 193 Å². The first-order valence-electron chi connectivity index (χ1n) is 9.33. The average molecular weight is 532 g/mol. The number of benzene rings is 2. The molecule has 0 bridgehead atoms. The second-order valence-electron chi connectivity index (χ2n) is 6.61. The van der Waals surface area contributed by atoms with Gasteiger partial charge in [-0.3, -0.25) is 4.79 Å². The maximum atomic E-state index is 12.9. The summed E-state index contributed by atoms with van der Waals surface area (Å²) in [6.45, 7) is 0.759. The number of nitrogens with zero attached hydrogens (tertiary/aromatic N) is 1. The molecule has 0 spiro atoms. The molecule has 31 heavy (non-hydrogen) atoms. The van der Waals surface area contributed by atoms with E-state index < -0.39 is 28.5 Å². The standard InChI is InChI=1S/C20H20BrClN2O6S/c21-16-6-5-14(11-18(16)31(27,28)24-7-9-29-10-8-24)20(26)30-13-19(25)23-12-15-3-1-2-4-17(15)22/h1-6,11H,7-10,12-13H2,(H,23,25). The van der Waals surface area contributed by atoms with E-state index in [1.807, 2.05) is 0 Å². The summed E-state index contributed by atoms with van der Waals surface area (Å²) in [6, 6.07) is 11.2. The zero-order valence-corrected chi connectivity index (χ0v) is 19.5. The van der Waals surface area contributed by atoms with Crippen LogP contribution in [0.5, 0.6) is 0 Å². The summed E-state index contributed by atoms with van der Waals surface area (Å²) in [4.78, 5) is 24.3. The van der Waals surface area contributed by atoms with Gasteiger partial charge in [0.15, 0.2) is 6.61 Å². The van der Waals surface area contributed by atoms with Gasteiger partial charge in [-0.1, -0.05) is 29.8 Å². The van der Waals surface area contributed by atoms with Gasteiger partial charge in [-0.05, 0) is 45.8 Å². The fraction of sp³-hybridized carbons (Fsp3) is 0.300. The number of amides is 1. The van der Waals surface area contributed by atoms with Crippen molar-refractivity contribution in [2.24, 2.45) is 0 Å². The van der Waals surface area contributed by atoms with E-state index in [2.05, 4.69) is 21.2 Å². The van der Waals surface area contributed by atoms with Crippen LogP contribution in [0.15, 0.2) is 51.8 Å². The molecule has 1 saturated heterocycles. The van der Waals surface area contributed by atoms with Crippen LogP contribution in [-0.2, 0) is 30.8 Å². The van der Waals surface area contributed by atoms with Crippen molar-refractivity contribution in [2.45, 2.75) is 11.4 Å². The summed E-state index contributed by atoms with van der Waals surface area (Å²) in [7, 11) is -3.82. The minimum Gasteiger partial charge on any atom is -0.452 e. The van der Waals surface area contributed by atoms with Crippen LogP contribution < -0.4 is 5.32 Å². The average Bonchev–Trinajstić information content (AvgIpc) is 2.77. The van der Waals surface area contributed by atoms with Crippen LogP contribution in [0.1, 0.15) is 15.9 Å². The predicted molar refractivity (Wildman–Crippen MR) is 117 cm³/mol. The molecular formula is C20H20BrClN2O6S. The van der Waals surface area contributed by atoms with E-state index in [-0.39, 0.29) is 30.1 Å². The lowest BCUT2D eigenvalue weighted by molar-refractivity contribution is -0.124. The number of hydrogen-bond donors (Lipinski definition) is 1. The van der Waals surface area contributed by atoms with Crippen LogP contribution in [0, 0.1) is 0 Å². The van der Waals surface area contributed by atoms with Gasteiger partial charge in [-0.25, -0.2) is 13.2 Å². The van der Waals surface area contributed by atoms with Crippen molar-refractivity contribution in [1.82, 2.24) is 9.62 Å². The van der Waals surface area contributed by atoms with Crippen LogP contribution in [0.3, 0.4) is 0 Å². The van der Waals surface area contributed by atoms with E-state index in [4.69, 9.17) is 21.1 Å². The molecule has 1 aliphatic rings. The topological polar surface area (TPSA) is 102 Å². The number of rotatable bonds is 7. The molecule has 1 heterocycles. The normalized spacial score (nSPS) is 14.8. The van der Waals surface area contributed by atoms with Gasteiger partial charge in [0.05, 0.1) is 23.7 Å². The highest BCUT2D eigenvalue weighted by atomic mass is 79.9. The molecule has 1 fully saturated rings. The smallest absolute Gasteiger partial charge is 0.338 e. The van der Waals surface area contributed by atoms with Crippen LogP contribution in [0.25, 0.3) is 0 Å². The molecule has 1 aliphatic heterocycles. The Kier molecular flexibility index (Phi) is 8.06. The molecule has 2 aromatic carbocycles. The summed E-state index contributed by atoms with van der Waals surface area (Å²) in [6.07, 6.45) is 0. The van der Waals surface area contributed by atoms with Crippen LogP contribution >= 0.6 is 27.5 Å². The lowest BCUT2D eigenvalue weighted by Gasteiger charge is -2.26. The van der Waals surface area contributed by atoms with Gasteiger partial charge < -0.3 is 14.8 Å². The number of halogens is 2. The molecule has 3 rings (SSSR count). The van der Waals surface area contributed by atoms with Crippen molar-refractivity contribution in [3.63, 3.8) is 0 Å². The van der Waals surface area contributed by atoms with Gasteiger partial charge in [0.2, 0.25) is 10.0 Å². The van der Waals surface area contributed by atoms with Crippen molar-refractivity contribution < 1.29 is 27.5 Å². The quantitative estimate of drug-likeness (QED) is 0.551. The SMILES string of the molecule is O=C(COC(=O)c1ccc(Br)c(S(=O)(=O)N2CCOCC2)c1)NCc1ccccc1Cl. The first-order chi connectivity index (χ1) is 14.8. The van der Waals surface area contributed by atoms with Gasteiger partial charge in [-0.15, -0.1) is 0 Å². The van der Waals surface area contributed by atoms with E-state index in [1.165, 1.54) is 22.5 Å². The largest absolute Gasteiger partial charge is 0.452 e. The molecule has 1 amide bonds. The second kappa shape index (κ2) is 10.6. The predicted octanol–water partition coefficient (Wildman–Crippen LogP) is 2.60. The Hall–Kier alpha value is -1.98. The molecule has 0 aliphatic carbocycles.